The molecule has 2 N–H and O–H groups in total. The van der Waals surface area contributed by atoms with Gasteiger partial charge in [-0.25, -0.2) is 4.39 Å². The Morgan fingerprint density at radius 1 is 1.39 bits per heavy atom. The predicted molar refractivity (Wildman–Crippen MR) is 75.5 cm³/mol. The molecule has 96 valence electrons. The van der Waals surface area contributed by atoms with Gasteiger partial charge in [-0.3, -0.25) is 0 Å². The molecule has 2 rings (SSSR count). The molecule has 0 amide bonds. The number of anilines is 1. The molecule has 0 aliphatic rings. The Morgan fingerprint density at radius 3 is 2.78 bits per heavy atom. The summed E-state index contributed by atoms with van der Waals surface area (Å²) in [6, 6.07) is 8.83. The molecule has 0 aliphatic carbocycles. The minimum atomic E-state index is -0.216. The Bertz CT molecular complexity index is 484. The number of halogens is 1. The van der Waals surface area contributed by atoms with Crippen molar-refractivity contribution in [1.29, 1.82) is 0 Å². The van der Waals surface area contributed by atoms with Crippen molar-refractivity contribution in [2.45, 2.75) is 13.0 Å². The van der Waals surface area contributed by atoms with Crippen LogP contribution in [0.15, 0.2) is 41.1 Å². The van der Waals surface area contributed by atoms with Crippen LogP contribution < -0.4 is 10.6 Å². The molecule has 1 aromatic heterocycles. The molecule has 2 nitrogen and oxygen atoms in total. The van der Waals surface area contributed by atoms with Gasteiger partial charge in [0.2, 0.25) is 0 Å². The molecule has 1 atom stereocenters. The zero-order chi connectivity index (χ0) is 13.0. The van der Waals surface area contributed by atoms with Crippen molar-refractivity contribution in [3.05, 3.63) is 52.5 Å². The third-order valence-electron chi connectivity index (χ3n) is 3.01. The standard InChI is InChI=1S/C14H17FN2S/c1-2-17(13-5-3-4-12(15)8-13)14(9-16)11-6-7-18-10-11/h3-8,10,14H,2,9,16H2,1H3. The van der Waals surface area contributed by atoms with Crippen LogP contribution in [0.2, 0.25) is 0 Å². The maximum absolute atomic E-state index is 13.3. The fourth-order valence-electron chi connectivity index (χ4n) is 2.15. The number of hydrogen-bond acceptors (Lipinski definition) is 3. The maximum atomic E-state index is 13.3. The first kappa shape index (κ1) is 13.1. The number of nitrogens with two attached hydrogens (primary N) is 1. The van der Waals surface area contributed by atoms with Gasteiger partial charge in [0.25, 0.3) is 0 Å². The van der Waals surface area contributed by atoms with Crippen molar-refractivity contribution in [3.63, 3.8) is 0 Å². The van der Waals surface area contributed by atoms with Crippen LogP contribution in [0.1, 0.15) is 18.5 Å². The second-order valence-electron chi connectivity index (χ2n) is 4.07. The lowest BCUT2D eigenvalue weighted by Crippen LogP contribution is -2.33. The minimum Gasteiger partial charge on any atom is -0.363 e. The lowest BCUT2D eigenvalue weighted by molar-refractivity contribution is 0.616. The predicted octanol–water partition coefficient (Wildman–Crippen LogP) is 3.41. The quantitative estimate of drug-likeness (QED) is 0.896. The van der Waals surface area contributed by atoms with E-state index in [2.05, 4.69) is 23.3 Å². The summed E-state index contributed by atoms with van der Waals surface area (Å²) in [6.07, 6.45) is 0. The lowest BCUT2D eigenvalue weighted by atomic mass is 10.1. The minimum absolute atomic E-state index is 0.100. The zero-order valence-electron chi connectivity index (χ0n) is 10.3. The monoisotopic (exact) mass is 264 g/mol. The molecule has 1 aromatic carbocycles. The first-order chi connectivity index (χ1) is 8.76. The van der Waals surface area contributed by atoms with E-state index in [0.717, 1.165) is 12.2 Å². The highest BCUT2D eigenvalue weighted by Gasteiger charge is 2.18. The fraction of sp³-hybridized carbons (Fsp3) is 0.286. The Morgan fingerprint density at radius 2 is 2.22 bits per heavy atom. The molecule has 0 aliphatic heterocycles. The van der Waals surface area contributed by atoms with E-state index in [-0.39, 0.29) is 11.9 Å². The Balaban J connectivity index is 2.32. The summed E-state index contributed by atoms with van der Waals surface area (Å²) < 4.78 is 13.3. The molecule has 0 spiro atoms. The molecule has 0 fully saturated rings. The van der Waals surface area contributed by atoms with E-state index < -0.39 is 0 Å². The van der Waals surface area contributed by atoms with Gasteiger partial charge in [0.15, 0.2) is 0 Å². The van der Waals surface area contributed by atoms with Crippen LogP contribution >= 0.6 is 11.3 Å². The molecule has 0 saturated carbocycles. The normalized spacial score (nSPS) is 12.4. The molecule has 0 bridgehead atoms. The largest absolute Gasteiger partial charge is 0.363 e. The van der Waals surface area contributed by atoms with Crippen LogP contribution in [0.3, 0.4) is 0 Å². The molecule has 1 unspecified atom stereocenters. The smallest absolute Gasteiger partial charge is 0.125 e. The van der Waals surface area contributed by atoms with E-state index >= 15 is 0 Å². The van der Waals surface area contributed by atoms with Crippen molar-refractivity contribution in [3.8, 4) is 0 Å². The van der Waals surface area contributed by atoms with Crippen LogP contribution in [-0.4, -0.2) is 13.1 Å². The molecular formula is C14H17FN2S. The van der Waals surface area contributed by atoms with Gasteiger partial charge in [0.05, 0.1) is 6.04 Å². The summed E-state index contributed by atoms with van der Waals surface area (Å²) in [4.78, 5) is 2.13. The van der Waals surface area contributed by atoms with Crippen LogP contribution in [0.4, 0.5) is 10.1 Å². The number of nitrogens with zero attached hydrogens (tertiary/aromatic N) is 1. The Labute approximate surface area is 111 Å². The van der Waals surface area contributed by atoms with Gasteiger partial charge >= 0.3 is 0 Å². The Hall–Kier alpha value is -1.39. The summed E-state index contributed by atoms with van der Waals surface area (Å²) in [5, 5.41) is 4.14. The van der Waals surface area contributed by atoms with Gasteiger partial charge in [0, 0.05) is 18.8 Å². The van der Waals surface area contributed by atoms with E-state index in [1.54, 1.807) is 23.5 Å². The van der Waals surface area contributed by atoms with Gasteiger partial charge in [-0.2, -0.15) is 11.3 Å². The summed E-state index contributed by atoms with van der Waals surface area (Å²) >= 11 is 1.65. The molecule has 0 saturated heterocycles. The second-order valence-corrected chi connectivity index (χ2v) is 4.85. The highest BCUT2D eigenvalue weighted by Crippen LogP contribution is 2.27. The summed E-state index contributed by atoms with van der Waals surface area (Å²) in [7, 11) is 0. The molecule has 2 aromatic rings. The van der Waals surface area contributed by atoms with Crippen LogP contribution in [0, 0.1) is 5.82 Å². The highest BCUT2D eigenvalue weighted by atomic mass is 32.1. The second kappa shape index (κ2) is 5.98. The summed E-state index contributed by atoms with van der Waals surface area (Å²) in [5.74, 6) is -0.216. The van der Waals surface area contributed by atoms with E-state index in [9.17, 15) is 4.39 Å². The van der Waals surface area contributed by atoms with Gasteiger partial charge in [-0.05, 0) is 47.5 Å². The van der Waals surface area contributed by atoms with E-state index in [0.29, 0.717) is 6.54 Å². The van der Waals surface area contributed by atoms with Crippen molar-refractivity contribution in [1.82, 2.24) is 0 Å². The first-order valence-electron chi connectivity index (χ1n) is 6.00. The van der Waals surface area contributed by atoms with Crippen molar-refractivity contribution >= 4 is 17.0 Å². The Kier molecular flexibility index (Phi) is 4.33. The van der Waals surface area contributed by atoms with Crippen LogP contribution in [-0.2, 0) is 0 Å². The lowest BCUT2D eigenvalue weighted by Gasteiger charge is -2.31. The number of likely N-dealkylation sites (N-methyl/N-ethyl adjacent to an activating group) is 1. The van der Waals surface area contributed by atoms with Gasteiger partial charge in [-0.1, -0.05) is 6.07 Å². The summed E-state index contributed by atoms with van der Waals surface area (Å²) in [5.41, 5.74) is 7.95. The van der Waals surface area contributed by atoms with Gasteiger partial charge in [0.1, 0.15) is 5.82 Å². The van der Waals surface area contributed by atoms with Crippen molar-refractivity contribution in [2.75, 3.05) is 18.0 Å². The van der Waals surface area contributed by atoms with E-state index in [4.69, 9.17) is 5.73 Å². The average molecular weight is 264 g/mol. The number of benzene rings is 1. The topological polar surface area (TPSA) is 29.3 Å². The average Bonchev–Trinajstić information content (AvgIpc) is 2.89. The zero-order valence-corrected chi connectivity index (χ0v) is 11.2. The number of thiophene rings is 1. The van der Waals surface area contributed by atoms with Gasteiger partial charge in [-0.15, -0.1) is 0 Å². The SMILES string of the molecule is CCN(c1cccc(F)c1)C(CN)c1ccsc1. The number of rotatable bonds is 5. The third kappa shape index (κ3) is 2.71. The molecule has 18 heavy (non-hydrogen) atoms. The van der Waals surface area contributed by atoms with Crippen LogP contribution in [0.25, 0.3) is 0 Å². The van der Waals surface area contributed by atoms with E-state index in [1.165, 1.54) is 11.6 Å². The molecule has 0 radical (unpaired) electrons. The van der Waals surface area contributed by atoms with Crippen molar-refractivity contribution < 1.29 is 4.39 Å². The highest BCUT2D eigenvalue weighted by molar-refractivity contribution is 7.08. The maximum Gasteiger partial charge on any atom is 0.125 e. The van der Waals surface area contributed by atoms with Crippen LogP contribution in [0.5, 0.6) is 0 Å². The van der Waals surface area contributed by atoms with Gasteiger partial charge < -0.3 is 10.6 Å². The summed E-state index contributed by atoms with van der Waals surface area (Å²) in [6.45, 7) is 3.36. The fourth-order valence-corrected chi connectivity index (χ4v) is 2.85. The number of hydrogen-bond donors (Lipinski definition) is 1. The first-order valence-corrected chi connectivity index (χ1v) is 6.95. The molecule has 1 heterocycles. The molecular weight excluding hydrogens is 247 g/mol. The van der Waals surface area contributed by atoms with E-state index in [1.807, 2.05) is 11.4 Å². The van der Waals surface area contributed by atoms with Crippen molar-refractivity contribution in [2.24, 2.45) is 5.73 Å². The molecule has 4 heteroatoms. The third-order valence-corrected chi connectivity index (χ3v) is 3.71.